The monoisotopic (exact) mass is 520 g/mol. The standard InChI is InChI=1S/C23H30F2O9S/c1-2-11-3-12-5-13(4-11)7-14(6-12)33-19(26)17-15-8-22(10-32-20(27)18(17)22)9-16(15)34-21(28)23(24,25)35(29,30)31/h11-18H,2-10H2,1H3,(H,29,30,31). The lowest BCUT2D eigenvalue weighted by molar-refractivity contribution is -0.179. The second-order valence-electron chi connectivity index (χ2n) is 11.2. The van der Waals surface area contributed by atoms with E-state index in [1.165, 1.54) is 0 Å². The molecule has 196 valence electrons. The highest BCUT2D eigenvalue weighted by atomic mass is 32.2. The smallest absolute Gasteiger partial charge is 0.465 e. The molecule has 0 aromatic heterocycles. The number of rotatable bonds is 6. The summed E-state index contributed by atoms with van der Waals surface area (Å²) in [6, 6.07) is 0. The molecule has 1 spiro atoms. The molecular weight excluding hydrogens is 490 g/mol. The zero-order valence-corrected chi connectivity index (χ0v) is 20.2. The number of esters is 3. The number of cyclic esters (lactones) is 1. The molecule has 7 unspecified atom stereocenters. The Kier molecular flexibility index (Phi) is 5.94. The normalized spacial score (nSPS) is 42.3. The Bertz CT molecular complexity index is 1020. The minimum atomic E-state index is -6.03. The van der Waals surface area contributed by atoms with Gasteiger partial charge in [-0.05, 0) is 62.7 Å². The number of halogens is 2. The van der Waals surface area contributed by atoms with Gasteiger partial charge in [-0.1, -0.05) is 13.3 Å². The molecule has 0 aromatic rings. The number of hydrogen-bond acceptors (Lipinski definition) is 8. The van der Waals surface area contributed by atoms with E-state index in [2.05, 4.69) is 6.92 Å². The maximum atomic E-state index is 13.8. The van der Waals surface area contributed by atoms with Crippen LogP contribution in [0, 0.1) is 40.9 Å². The zero-order valence-electron chi connectivity index (χ0n) is 19.4. The Balaban J connectivity index is 1.31. The van der Waals surface area contributed by atoms with Gasteiger partial charge in [0, 0.05) is 11.3 Å². The molecule has 5 aliphatic rings. The molecule has 1 heterocycles. The van der Waals surface area contributed by atoms with E-state index in [0.717, 1.165) is 38.5 Å². The fourth-order valence-electron chi connectivity index (χ4n) is 7.74. The van der Waals surface area contributed by atoms with E-state index in [0.29, 0.717) is 17.8 Å². The molecule has 35 heavy (non-hydrogen) atoms. The van der Waals surface area contributed by atoms with Gasteiger partial charge in [0.25, 0.3) is 0 Å². The van der Waals surface area contributed by atoms with Crippen molar-refractivity contribution in [1.29, 1.82) is 0 Å². The van der Waals surface area contributed by atoms with Gasteiger partial charge in [-0.25, -0.2) is 4.79 Å². The Labute approximate surface area is 202 Å². The van der Waals surface area contributed by atoms with Crippen molar-refractivity contribution >= 4 is 28.0 Å². The highest BCUT2D eigenvalue weighted by Crippen LogP contribution is 2.64. The SMILES string of the molecule is CCC1CC2CC(C1)CC(OC(=O)C1C3CC4(COC(=O)C14)CC3OC(=O)C(F)(F)S(=O)(=O)O)C2. The Morgan fingerprint density at radius 3 is 2.37 bits per heavy atom. The van der Waals surface area contributed by atoms with Crippen molar-refractivity contribution in [3.8, 4) is 0 Å². The fraction of sp³-hybridized carbons (Fsp3) is 0.870. The van der Waals surface area contributed by atoms with Crippen LogP contribution in [0.15, 0.2) is 0 Å². The maximum absolute atomic E-state index is 13.8. The van der Waals surface area contributed by atoms with Crippen LogP contribution in [0.25, 0.3) is 0 Å². The van der Waals surface area contributed by atoms with Gasteiger partial charge < -0.3 is 14.2 Å². The van der Waals surface area contributed by atoms with E-state index >= 15 is 0 Å². The van der Waals surface area contributed by atoms with Crippen LogP contribution in [-0.4, -0.2) is 54.9 Å². The third-order valence-electron chi connectivity index (χ3n) is 9.11. The second-order valence-corrected chi connectivity index (χ2v) is 12.7. The Hall–Kier alpha value is -1.82. The van der Waals surface area contributed by atoms with Crippen molar-refractivity contribution in [1.82, 2.24) is 0 Å². The summed E-state index contributed by atoms with van der Waals surface area (Å²) in [7, 11) is -6.03. The molecule has 9 nitrogen and oxygen atoms in total. The van der Waals surface area contributed by atoms with E-state index in [-0.39, 0.29) is 25.6 Å². The highest BCUT2D eigenvalue weighted by Gasteiger charge is 2.72. The Morgan fingerprint density at radius 1 is 1.11 bits per heavy atom. The van der Waals surface area contributed by atoms with Crippen molar-refractivity contribution in [3.05, 3.63) is 0 Å². The van der Waals surface area contributed by atoms with Crippen molar-refractivity contribution in [3.63, 3.8) is 0 Å². The van der Waals surface area contributed by atoms with Crippen LogP contribution >= 0.6 is 0 Å². The van der Waals surface area contributed by atoms with E-state index < -0.39 is 62.6 Å². The first-order valence-corrected chi connectivity index (χ1v) is 13.7. The molecule has 0 radical (unpaired) electrons. The van der Waals surface area contributed by atoms with Gasteiger partial charge in [0.1, 0.15) is 12.2 Å². The lowest BCUT2D eigenvalue weighted by Crippen LogP contribution is -2.47. The average Bonchev–Trinajstić information content (AvgIpc) is 3.39. The van der Waals surface area contributed by atoms with E-state index in [9.17, 15) is 31.6 Å². The Morgan fingerprint density at radius 2 is 1.77 bits per heavy atom. The van der Waals surface area contributed by atoms with Gasteiger partial charge in [0.05, 0.1) is 18.4 Å². The summed E-state index contributed by atoms with van der Waals surface area (Å²) >= 11 is 0. The largest absolute Gasteiger partial charge is 0.465 e. The number of carbonyl (C=O) groups is 3. The van der Waals surface area contributed by atoms with Crippen LogP contribution < -0.4 is 0 Å². The van der Waals surface area contributed by atoms with Crippen molar-refractivity contribution in [2.45, 2.75) is 75.8 Å². The van der Waals surface area contributed by atoms with Gasteiger partial charge in [-0.2, -0.15) is 17.2 Å². The van der Waals surface area contributed by atoms with Crippen LogP contribution in [0.2, 0.25) is 0 Å². The van der Waals surface area contributed by atoms with Gasteiger partial charge in [0.15, 0.2) is 0 Å². The molecule has 4 bridgehead atoms. The highest BCUT2D eigenvalue weighted by molar-refractivity contribution is 7.87. The van der Waals surface area contributed by atoms with Gasteiger partial charge in [0.2, 0.25) is 0 Å². The molecule has 5 rings (SSSR count). The summed E-state index contributed by atoms with van der Waals surface area (Å²) in [6.07, 6.45) is 4.64. The third kappa shape index (κ3) is 4.04. The lowest BCUT2D eigenvalue weighted by atomic mass is 9.66. The molecule has 7 atom stereocenters. The molecule has 4 aliphatic carbocycles. The quantitative estimate of drug-likeness (QED) is 0.319. The fourth-order valence-corrected chi connectivity index (χ4v) is 8.00. The minimum Gasteiger partial charge on any atom is -0.465 e. The minimum absolute atomic E-state index is 0.0167. The summed E-state index contributed by atoms with van der Waals surface area (Å²) in [4.78, 5) is 37.8. The molecule has 1 saturated heterocycles. The maximum Gasteiger partial charge on any atom is 0.465 e. The van der Waals surface area contributed by atoms with Crippen LogP contribution in [0.4, 0.5) is 8.78 Å². The first kappa shape index (κ1) is 24.9. The predicted octanol–water partition coefficient (Wildman–Crippen LogP) is 2.73. The predicted molar refractivity (Wildman–Crippen MR) is 113 cm³/mol. The lowest BCUT2D eigenvalue weighted by Gasteiger charge is -2.42. The van der Waals surface area contributed by atoms with E-state index in [1.54, 1.807) is 0 Å². The number of alkyl halides is 2. The summed E-state index contributed by atoms with van der Waals surface area (Å²) in [5, 5.41) is -5.14. The zero-order chi connectivity index (χ0) is 25.3. The second kappa shape index (κ2) is 8.36. The summed E-state index contributed by atoms with van der Waals surface area (Å²) in [6.45, 7) is 2.15. The van der Waals surface area contributed by atoms with E-state index in [1.807, 2.05) is 0 Å². The van der Waals surface area contributed by atoms with Crippen LogP contribution in [-0.2, 0) is 38.7 Å². The molecule has 4 saturated carbocycles. The van der Waals surface area contributed by atoms with E-state index in [4.69, 9.17) is 18.8 Å². The van der Waals surface area contributed by atoms with Crippen LogP contribution in [0.3, 0.4) is 0 Å². The molecular formula is C23H30F2O9S. The first-order valence-electron chi connectivity index (χ1n) is 12.3. The first-order chi connectivity index (χ1) is 16.3. The number of fused-ring (bicyclic) bond motifs is 3. The van der Waals surface area contributed by atoms with Crippen molar-refractivity contribution in [2.24, 2.45) is 40.9 Å². The van der Waals surface area contributed by atoms with Gasteiger partial charge in [-0.15, -0.1) is 0 Å². The molecule has 0 amide bonds. The van der Waals surface area contributed by atoms with Crippen LogP contribution in [0.1, 0.15) is 58.3 Å². The number of ether oxygens (including phenoxy) is 3. The summed E-state index contributed by atoms with van der Waals surface area (Å²) in [5.74, 6) is -4.58. The van der Waals surface area contributed by atoms with Gasteiger partial charge >= 0.3 is 33.3 Å². The number of carbonyl (C=O) groups excluding carboxylic acids is 3. The summed E-state index contributed by atoms with van der Waals surface area (Å²) in [5.41, 5.74) is -0.860. The van der Waals surface area contributed by atoms with Crippen LogP contribution in [0.5, 0.6) is 0 Å². The summed E-state index contributed by atoms with van der Waals surface area (Å²) < 4.78 is 74.1. The number of hydrogen-bond donors (Lipinski definition) is 1. The molecule has 0 aromatic carbocycles. The topological polar surface area (TPSA) is 133 Å². The van der Waals surface area contributed by atoms with Gasteiger partial charge in [-0.3, -0.25) is 14.1 Å². The molecule has 12 heteroatoms. The average molecular weight is 521 g/mol. The van der Waals surface area contributed by atoms with Crippen molar-refractivity contribution < 1.29 is 50.3 Å². The molecule has 1 aliphatic heterocycles. The van der Waals surface area contributed by atoms with Crippen molar-refractivity contribution in [2.75, 3.05) is 6.61 Å². The molecule has 5 fully saturated rings. The third-order valence-corrected chi connectivity index (χ3v) is 9.92. The molecule has 1 N–H and O–H groups in total.